The second-order valence-electron chi connectivity index (χ2n) is 7.58. The molecule has 2 N–H and O–H groups in total. The van der Waals surface area contributed by atoms with Crippen molar-refractivity contribution in [2.24, 2.45) is 5.92 Å². The van der Waals surface area contributed by atoms with Crippen LogP contribution in [0.25, 0.3) is 0 Å². The number of nitrogens with one attached hydrogen (secondary N) is 1. The predicted molar refractivity (Wildman–Crippen MR) is 96.0 cm³/mol. The maximum Gasteiger partial charge on any atom is 0.410 e. The van der Waals surface area contributed by atoms with Gasteiger partial charge in [0.05, 0.1) is 6.61 Å². The Bertz CT molecular complexity index is 554. The Morgan fingerprint density at radius 2 is 2.12 bits per heavy atom. The van der Waals surface area contributed by atoms with Crippen LogP contribution in [0.4, 0.5) is 10.5 Å². The summed E-state index contributed by atoms with van der Waals surface area (Å²) < 4.78 is 5.49. The van der Waals surface area contributed by atoms with Crippen molar-refractivity contribution < 1.29 is 14.6 Å². The number of hydrogen-bond donors (Lipinski definition) is 2. The van der Waals surface area contributed by atoms with Gasteiger partial charge in [-0.3, -0.25) is 0 Å². The molecule has 2 rings (SSSR count). The smallest absolute Gasteiger partial charge is 0.410 e. The highest BCUT2D eigenvalue weighted by molar-refractivity contribution is 5.68. The zero-order valence-corrected chi connectivity index (χ0v) is 15.2. The lowest BCUT2D eigenvalue weighted by Gasteiger charge is -2.37. The fraction of sp³-hybridized carbons (Fsp3) is 0.632. The van der Waals surface area contributed by atoms with E-state index < -0.39 is 5.60 Å². The SMILES string of the molecule is CC(Nc1ccccc1CO)C1CCCN(C(=O)OC(C)(C)C)C1. The molecule has 2 unspecified atom stereocenters. The summed E-state index contributed by atoms with van der Waals surface area (Å²) in [5, 5.41) is 13.0. The molecule has 0 radical (unpaired) electrons. The van der Waals surface area contributed by atoms with E-state index in [0.717, 1.165) is 30.6 Å². The minimum atomic E-state index is -0.464. The van der Waals surface area contributed by atoms with Gasteiger partial charge in [0, 0.05) is 30.4 Å². The average Bonchev–Trinajstić information content (AvgIpc) is 2.54. The molecule has 1 aliphatic heterocycles. The number of ether oxygens (including phenoxy) is 1. The van der Waals surface area contributed by atoms with Gasteiger partial charge in [0.25, 0.3) is 0 Å². The molecule has 1 saturated heterocycles. The third-order valence-electron chi connectivity index (χ3n) is 4.39. The van der Waals surface area contributed by atoms with Crippen LogP contribution in [0.1, 0.15) is 46.1 Å². The molecule has 1 aromatic carbocycles. The van der Waals surface area contributed by atoms with Crippen LogP contribution in [0.5, 0.6) is 0 Å². The minimum Gasteiger partial charge on any atom is -0.444 e. The molecular weight excluding hydrogens is 304 g/mol. The number of piperidine rings is 1. The number of anilines is 1. The quantitative estimate of drug-likeness (QED) is 0.883. The van der Waals surface area contributed by atoms with E-state index in [9.17, 15) is 9.90 Å². The normalized spacial score (nSPS) is 19.7. The highest BCUT2D eigenvalue weighted by Gasteiger charge is 2.30. The van der Waals surface area contributed by atoms with Gasteiger partial charge in [-0.05, 0) is 52.5 Å². The standard InChI is InChI=1S/C19H30N2O3/c1-14(20-17-10-6-5-8-16(17)13-22)15-9-7-11-21(12-15)18(23)24-19(2,3)4/h5-6,8,10,14-15,20,22H,7,9,11-13H2,1-4H3. The van der Waals surface area contributed by atoms with Gasteiger partial charge in [-0.1, -0.05) is 18.2 Å². The van der Waals surface area contributed by atoms with Crippen molar-refractivity contribution in [2.45, 2.75) is 58.8 Å². The van der Waals surface area contributed by atoms with E-state index in [1.807, 2.05) is 49.9 Å². The summed E-state index contributed by atoms with van der Waals surface area (Å²) in [5.74, 6) is 0.359. The first-order valence-electron chi connectivity index (χ1n) is 8.73. The van der Waals surface area contributed by atoms with Gasteiger partial charge in [-0.2, -0.15) is 0 Å². The van der Waals surface area contributed by atoms with Gasteiger partial charge >= 0.3 is 6.09 Å². The Labute approximate surface area is 145 Å². The first-order chi connectivity index (χ1) is 11.3. The zero-order valence-electron chi connectivity index (χ0n) is 15.2. The molecule has 0 aromatic heterocycles. The largest absolute Gasteiger partial charge is 0.444 e. The summed E-state index contributed by atoms with van der Waals surface area (Å²) in [6.45, 7) is 9.28. The number of aliphatic hydroxyl groups is 1. The maximum atomic E-state index is 12.3. The summed E-state index contributed by atoms with van der Waals surface area (Å²) >= 11 is 0. The Balaban J connectivity index is 1.97. The maximum absolute atomic E-state index is 12.3. The Kier molecular flexibility index (Phi) is 6.10. The summed E-state index contributed by atoms with van der Waals surface area (Å²) in [5.41, 5.74) is 1.39. The van der Waals surface area contributed by atoms with Crippen LogP contribution in [0.2, 0.25) is 0 Å². The van der Waals surface area contributed by atoms with Gasteiger partial charge in [0.1, 0.15) is 5.60 Å². The van der Waals surface area contributed by atoms with E-state index in [1.54, 1.807) is 0 Å². The number of para-hydroxylation sites is 1. The molecule has 5 nitrogen and oxygen atoms in total. The molecule has 1 heterocycles. The predicted octanol–water partition coefficient (Wildman–Crippen LogP) is 3.63. The number of carbonyl (C=O) groups is 1. The first-order valence-corrected chi connectivity index (χ1v) is 8.73. The van der Waals surface area contributed by atoms with Crippen LogP contribution >= 0.6 is 0 Å². The van der Waals surface area contributed by atoms with Gasteiger partial charge in [-0.25, -0.2) is 4.79 Å². The highest BCUT2D eigenvalue weighted by atomic mass is 16.6. The van der Waals surface area contributed by atoms with E-state index >= 15 is 0 Å². The number of likely N-dealkylation sites (tertiary alicyclic amines) is 1. The molecule has 134 valence electrons. The molecule has 1 amide bonds. The molecule has 1 fully saturated rings. The number of amides is 1. The van der Waals surface area contributed by atoms with Crippen molar-refractivity contribution in [3.05, 3.63) is 29.8 Å². The number of nitrogens with zero attached hydrogens (tertiary/aromatic N) is 1. The monoisotopic (exact) mass is 334 g/mol. The first kappa shape index (κ1) is 18.6. The average molecular weight is 334 g/mol. The van der Waals surface area contributed by atoms with Crippen LogP contribution in [-0.4, -0.2) is 40.8 Å². The molecule has 1 aliphatic rings. The number of aliphatic hydroxyl groups excluding tert-OH is 1. The lowest BCUT2D eigenvalue weighted by atomic mass is 9.91. The second kappa shape index (κ2) is 7.88. The van der Waals surface area contributed by atoms with E-state index in [4.69, 9.17) is 4.74 Å². The van der Waals surface area contributed by atoms with E-state index in [-0.39, 0.29) is 18.7 Å². The molecule has 0 bridgehead atoms. The topological polar surface area (TPSA) is 61.8 Å². The number of rotatable bonds is 4. The van der Waals surface area contributed by atoms with Crippen molar-refractivity contribution in [3.63, 3.8) is 0 Å². The van der Waals surface area contributed by atoms with E-state index in [1.165, 1.54) is 0 Å². The van der Waals surface area contributed by atoms with E-state index in [0.29, 0.717) is 12.5 Å². The second-order valence-corrected chi connectivity index (χ2v) is 7.58. The lowest BCUT2D eigenvalue weighted by Crippen LogP contribution is -2.46. The third-order valence-corrected chi connectivity index (χ3v) is 4.39. The fourth-order valence-electron chi connectivity index (χ4n) is 3.07. The van der Waals surface area contributed by atoms with Crippen molar-refractivity contribution >= 4 is 11.8 Å². The summed E-state index contributed by atoms with van der Waals surface area (Å²) in [7, 11) is 0. The van der Waals surface area contributed by atoms with Crippen molar-refractivity contribution in [1.29, 1.82) is 0 Å². The summed E-state index contributed by atoms with van der Waals surface area (Å²) in [6, 6.07) is 8.00. The van der Waals surface area contributed by atoms with Crippen LogP contribution < -0.4 is 5.32 Å². The number of carbonyl (C=O) groups excluding carboxylic acids is 1. The Hall–Kier alpha value is -1.75. The number of benzene rings is 1. The Morgan fingerprint density at radius 3 is 2.79 bits per heavy atom. The van der Waals surface area contributed by atoms with Crippen LogP contribution in [0.3, 0.4) is 0 Å². The van der Waals surface area contributed by atoms with Crippen molar-refractivity contribution in [3.8, 4) is 0 Å². The van der Waals surface area contributed by atoms with Crippen LogP contribution in [0.15, 0.2) is 24.3 Å². The van der Waals surface area contributed by atoms with Crippen molar-refractivity contribution in [1.82, 2.24) is 4.90 Å². The van der Waals surface area contributed by atoms with Gasteiger partial charge in [0.2, 0.25) is 0 Å². The molecule has 24 heavy (non-hydrogen) atoms. The molecule has 5 heteroatoms. The van der Waals surface area contributed by atoms with Crippen LogP contribution in [-0.2, 0) is 11.3 Å². The molecular formula is C19H30N2O3. The zero-order chi connectivity index (χ0) is 17.7. The number of hydrogen-bond acceptors (Lipinski definition) is 4. The molecule has 1 aromatic rings. The van der Waals surface area contributed by atoms with Crippen molar-refractivity contribution in [2.75, 3.05) is 18.4 Å². The Morgan fingerprint density at radius 1 is 1.42 bits per heavy atom. The molecule has 2 atom stereocenters. The summed E-state index contributed by atoms with van der Waals surface area (Å²) in [6.07, 6.45) is 1.84. The van der Waals surface area contributed by atoms with Crippen LogP contribution in [0, 0.1) is 5.92 Å². The third kappa shape index (κ3) is 5.13. The fourth-order valence-corrected chi connectivity index (χ4v) is 3.07. The summed E-state index contributed by atoms with van der Waals surface area (Å²) in [4.78, 5) is 14.1. The lowest BCUT2D eigenvalue weighted by molar-refractivity contribution is 0.0159. The molecule has 0 saturated carbocycles. The van der Waals surface area contributed by atoms with Gasteiger partial charge < -0.3 is 20.1 Å². The highest BCUT2D eigenvalue weighted by Crippen LogP contribution is 2.25. The van der Waals surface area contributed by atoms with E-state index in [2.05, 4.69) is 12.2 Å². The van der Waals surface area contributed by atoms with Gasteiger partial charge in [0.15, 0.2) is 0 Å². The van der Waals surface area contributed by atoms with Gasteiger partial charge in [-0.15, -0.1) is 0 Å². The minimum absolute atomic E-state index is 0.0184. The molecule has 0 aliphatic carbocycles. The molecule has 0 spiro atoms.